The third-order valence-corrected chi connectivity index (χ3v) is 7.40. The van der Waals surface area contributed by atoms with Crippen LogP contribution in [-0.2, 0) is 0 Å². The van der Waals surface area contributed by atoms with Crippen molar-refractivity contribution >= 4 is 27.8 Å². The molecule has 0 aromatic heterocycles. The predicted octanol–water partition coefficient (Wildman–Crippen LogP) is 8.61. The Kier molecular flexibility index (Phi) is 8.20. The van der Waals surface area contributed by atoms with Gasteiger partial charge < -0.3 is 15.1 Å². The van der Waals surface area contributed by atoms with Crippen LogP contribution in [0.2, 0.25) is 0 Å². The Bertz CT molecular complexity index is 1280. The molecule has 36 heavy (non-hydrogen) atoms. The Morgan fingerprint density at radius 2 is 1.00 bits per heavy atom. The SMILES string of the molecule is CCNc1c(-c2ccc(N(CC)CC)cc2)c(-c2ccc(N(CC)CC)cc2)c(C)c2ccccc12. The molecule has 0 radical (unpaired) electrons. The molecule has 0 saturated carbocycles. The van der Waals surface area contributed by atoms with Gasteiger partial charge in [0.1, 0.15) is 0 Å². The molecule has 3 nitrogen and oxygen atoms in total. The molecule has 0 bridgehead atoms. The number of anilines is 3. The second-order valence-electron chi connectivity index (χ2n) is 9.26. The third-order valence-electron chi connectivity index (χ3n) is 7.40. The summed E-state index contributed by atoms with van der Waals surface area (Å²) in [6, 6.07) is 27.1. The van der Waals surface area contributed by atoms with E-state index in [-0.39, 0.29) is 0 Å². The Balaban J connectivity index is 1.98. The quantitative estimate of drug-likeness (QED) is 0.246. The van der Waals surface area contributed by atoms with Crippen LogP contribution in [0.25, 0.3) is 33.0 Å². The monoisotopic (exact) mass is 479 g/mol. The second kappa shape index (κ2) is 11.5. The van der Waals surface area contributed by atoms with Crippen LogP contribution in [0.3, 0.4) is 0 Å². The average molecular weight is 480 g/mol. The summed E-state index contributed by atoms with van der Waals surface area (Å²) in [5.74, 6) is 0. The first-order valence-corrected chi connectivity index (χ1v) is 13.6. The highest BCUT2D eigenvalue weighted by Gasteiger charge is 2.20. The number of aryl methyl sites for hydroxylation is 1. The summed E-state index contributed by atoms with van der Waals surface area (Å²) >= 11 is 0. The molecule has 0 amide bonds. The van der Waals surface area contributed by atoms with Gasteiger partial charge in [-0.1, -0.05) is 48.5 Å². The van der Waals surface area contributed by atoms with Crippen LogP contribution >= 0.6 is 0 Å². The lowest BCUT2D eigenvalue weighted by Gasteiger charge is -2.25. The molecule has 0 aliphatic heterocycles. The lowest BCUT2D eigenvalue weighted by atomic mass is 9.85. The first-order valence-electron chi connectivity index (χ1n) is 13.6. The van der Waals surface area contributed by atoms with Gasteiger partial charge in [-0.25, -0.2) is 0 Å². The molecule has 0 saturated heterocycles. The molecule has 0 unspecified atom stereocenters. The molecule has 4 aromatic carbocycles. The van der Waals surface area contributed by atoms with Crippen LogP contribution in [0.5, 0.6) is 0 Å². The fraction of sp³-hybridized carbons (Fsp3) is 0.333. The highest BCUT2D eigenvalue weighted by atomic mass is 15.1. The molecule has 4 rings (SSSR count). The van der Waals surface area contributed by atoms with Gasteiger partial charge >= 0.3 is 0 Å². The second-order valence-corrected chi connectivity index (χ2v) is 9.26. The Labute approximate surface area is 217 Å². The van der Waals surface area contributed by atoms with Gasteiger partial charge in [0.25, 0.3) is 0 Å². The number of benzene rings is 4. The summed E-state index contributed by atoms with van der Waals surface area (Å²) in [7, 11) is 0. The van der Waals surface area contributed by atoms with Crippen LogP contribution in [0.15, 0.2) is 72.8 Å². The number of nitrogens with zero attached hydrogens (tertiary/aromatic N) is 2. The predicted molar refractivity (Wildman–Crippen MR) is 161 cm³/mol. The molecule has 0 aliphatic carbocycles. The Hall–Kier alpha value is -3.46. The molecule has 3 heteroatoms. The van der Waals surface area contributed by atoms with Crippen LogP contribution < -0.4 is 15.1 Å². The van der Waals surface area contributed by atoms with Gasteiger partial charge in [0, 0.05) is 55.0 Å². The molecule has 0 spiro atoms. The first-order chi connectivity index (χ1) is 17.6. The van der Waals surface area contributed by atoms with Crippen molar-refractivity contribution in [1.82, 2.24) is 0 Å². The van der Waals surface area contributed by atoms with E-state index in [1.165, 1.54) is 55.7 Å². The van der Waals surface area contributed by atoms with Gasteiger partial charge in [-0.05, 0) is 93.4 Å². The average Bonchev–Trinajstić information content (AvgIpc) is 2.92. The van der Waals surface area contributed by atoms with E-state index in [9.17, 15) is 0 Å². The van der Waals surface area contributed by atoms with Crippen molar-refractivity contribution in [3.8, 4) is 22.3 Å². The fourth-order valence-corrected chi connectivity index (χ4v) is 5.48. The lowest BCUT2D eigenvalue weighted by Crippen LogP contribution is -2.21. The molecule has 188 valence electrons. The minimum Gasteiger partial charge on any atom is -0.384 e. The van der Waals surface area contributed by atoms with Crippen molar-refractivity contribution < 1.29 is 0 Å². The maximum atomic E-state index is 3.74. The number of fused-ring (bicyclic) bond motifs is 1. The maximum absolute atomic E-state index is 3.74. The zero-order valence-electron chi connectivity index (χ0n) is 22.9. The summed E-state index contributed by atoms with van der Waals surface area (Å²) in [6.45, 7) is 18.2. The smallest absolute Gasteiger partial charge is 0.0505 e. The van der Waals surface area contributed by atoms with Crippen LogP contribution in [0, 0.1) is 6.92 Å². The third kappa shape index (κ3) is 4.80. The van der Waals surface area contributed by atoms with E-state index in [1.807, 2.05) is 0 Å². The van der Waals surface area contributed by atoms with E-state index in [0.29, 0.717) is 0 Å². The van der Waals surface area contributed by atoms with E-state index < -0.39 is 0 Å². The first kappa shape index (κ1) is 25.6. The zero-order valence-corrected chi connectivity index (χ0v) is 22.9. The van der Waals surface area contributed by atoms with Gasteiger partial charge in [-0.2, -0.15) is 0 Å². The minimum atomic E-state index is 0.873. The lowest BCUT2D eigenvalue weighted by molar-refractivity contribution is 0.866. The summed E-state index contributed by atoms with van der Waals surface area (Å²) in [5, 5.41) is 6.33. The summed E-state index contributed by atoms with van der Waals surface area (Å²) in [4.78, 5) is 4.79. The molecule has 4 aromatic rings. The molecular formula is C33H41N3. The van der Waals surface area contributed by atoms with Gasteiger partial charge in [-0.15, -0.1) is 0 Å². The number of rotatable bonds is 10. The van der Waals surface area contributed by atoms with E-state index in [2.05, 4.69) is 129 Å². The molecular weight excluding hydrogens is 438 g/mol. The van der Waals surface area contributed by atoms with Gasteiger partial charge in [0.05, 0.1) is 5.69 Å². The van der Waals surface area contributed by atoms with Crippen LogP contribution in [0.4, 0.5) is 17.1 Å². The molecule has 1 N–H and O–H groups in total. The largest absolute Gasteiger partial charge is 0.384 e. The topological polar surface area (TPSA) is 18.5 Å². The van der Waals surface area contributed by atoms with Gasteiger partial charge in [0.2, 0.25) is 0 Å². The highest BCUT2D eigenvalue weighted by molar-refractivity contribution is 6.10. The minimum absolute atomic E-state index is 0.873. The zero-order chi connectivity index (χ0) is 25.7. The van der Waals surface area contributed by atoms with Crippen molar-refractivity contribution in [3.05, 3.63) is 78.4 Å². The van der Waals surface area contributed by atoms with E-state index >= 15 is 0 Å². The summed E-state index contributed by atoms with van der Waals surface area (Å²) < 4.78 is 0. The normalized spacial score (nSPS) is 11.1. The summed E-state index contributed by atoms with van der Waals surface area (Å²) in [5.41, 5.74) is 10.2. The summed E-state index contributed by atoms with van der Waals surface area (Å²) in [6.07, 6.45) is 0. The van der Waals surface area contributed by atoms with Crippen molar-refractivity contribution in [1.29, 1.82) is 0 Å². The van der Waals surface area contributed by atoms with Crippen molar-refractivity contribution in [2.24, 2.45) is 0 Å². The number of nitrogens with one attached hydrogen (secondary N) is 1. The van der Waals surface area contributed by atoms with Gasteiger partial charge in [0.15, 0.2) is 0 Å². The van der Waals surface area contributed by atoms with Crippen molar-refractivity contribution in [3.63, 3.8) is 0 Å². The van der Waals surface area contributed by atoms with Crippen LogP contribution in [0.1, 0.15) is 40.2 Å². The molecule has 0 atom stereocenters. The molecule has 0 fully saturated rings. The van der Waals surface area contributed by atoms with E-state index in [1.54, 1.807) is 0 Å². The van der Waals surface area contributed by atoms with E-state index in [4.69, 9.17) is 0 Å². The maximum Gasteiger partial charge on any atom is 0.0505 e. The molecule has 0 aliphatic rings. The van der Waals surface area contributed by atoms with Gasteiger partial charge in [-0.3, -0.25) is 0 Å². The fourth-order valence-electron chi connectivity index (χ4n) is 5.48. The number of hydrogen-bond donors (Lipinski definition) is 1. The Morgan fingerprint density at radius 3 is 1.44 bits per heavy atom. The van der Waals surface area contributed by atoms with Crippen LogP contribution in [-0.4, -0.2) is 32.7 Å². The Morgan fingerprint density at radius 1 is 0.556 bits per heavy atom. The highest BCUT2D eigenvalue weighted by Crippen LogP contribution is 2.46. The standard InChI is InChI=1S/C33H41N3/c1-7-34-33-30-15-13-12-14-29(30)24(6)31(25-16-20-27(21-17-25)35(8-2)9-3)32(33)26-18-22-28(23-19-26)36(10-4)11-5/h12-23,34H,7-11H2,1-6H3. The van der Waals surface area contributed by atoms with E-state index in [0.717, 1.165) is 32.7 Å². The van der Waals surface area contributed by atoms with Crippen molar-refractivity contribution in [2.45, 2.75) is 41.5 Å². The number of hydrogen-bond acceptors (Lipinski definition) is 3. The molecule has 0 heterocycles. The van der Waals surface area contributed by atoms with Crippen molar-refractivity contribution in [2.75, 3.05) is 47.8 Å².